The Kier molecular flexibility index (Phi) is 1.72. The number of hydrogen-bond acceptors (Lipinski definition) is 2. The van der Waals surface area contributed by atoms with Crippen LogP contribution in [0.1, 0.15) is 26.7 Å². The van der Waals surface area contributed by atoms with Crippen molar-refractivity contribution in [1.82, 2.24) is 5.32 Å². The molecule has 2 rings (SSSR count). The SMILES string of the molecule is CC1(C)CNC(=O)[C@H]2CC[C@H]2C1=O. The molecule has 1 saturated carbocycles. The summed E-state index contributed by atoms with van der Waals surface area (Å²) in [5.41, 5.74) is -0.366. The van der Waals surface area contributed by atoms with Gasteiger partial charge in [0.1, 0.15) is 5.78 Å². The summed E-state index contributed by atoms with van der Waals surface area (Å²) >= 11 is 0. The van der Waals surface area contributed by atoms with E-state index in [0.29, 0.717) is 6.54 Å². The van der Waals surface area contributed by atoms with Crippen LogP contribution in [0.5, 0.6) is 0 Å². The lowest BCUT2D eigenvalue weighted by Gasteiger charge is -2.34. The molecule has 2 fully saturated rings. The zero-order valence-corrected chi connectivity index (χ0v) is 8.09. The predicted octanol–water partition coefficient (Wildman–Crippen LogP) is 0.738. The van der Waals surface area contributed by atoms with Crippen LogP contribution < -0.4 is 5.32 Å². The molecule has 3 heteroatoms. The Bertz CT molecular complexity index is 270. The molecular weight excluding hydrogens is 166 g/mol. The smallest absolute Gasteiger partial charge is 0.223 e. The second kappa shape index (κ2) is 2.56. The molecule has 0 aromatic rings. The molecule has 2 atom stereocenters. The molecule has 0 radical (unpaired) electrons. The van der Waals surface area contributed by atoms with Gasteiger partial charge in [-0.1, -0.05) is 13.8 Å². The van der Waals surface area contributed by atoms with Gasteiger partial charge in [0, 0.05) is 23.8 Å². The lowest BCUT2D eigenvalue weighted by molar-refractivity contribution is -0.139. The highest BCUT2D eigenvalue weighted by Crippen LogP contribution is 2.41. The Morgan fingerprint density at radius 2 is 1.85 bits per heavy atom. The number of hydrogen-bond donors (Lipinski definition) is 1. The lowest BCUT2D eigenvalue weighted by atomic mass is 9.66. The van der Waals surface area contributed by atoms with Gasteiger partial charge in [-0.3, -0.25) is 9.59 Å². The van der Waals surface area contributed by atoms with Gasteiger partial charge in [0.05, 0.1) is 0 Å². The summed E-state index contributed by atoms with van der Waals surface area (Å²) in [7, 11) is 0. The van der Waals surface area contributed by atoms with Crippen LogP contribution in [0.3, 0.4) is 0 Å². The number of fused-ring (bicyclic) bond motifs is 1. The Morgan fingerprint density at radius 1 is 1.23 bits per heavy atom. The van der Waals surface area contributed by atoms with E-state index in [1.54, 1.807) is 0 Å². The minimum absolute atomic E-state index is 0.0116. The summed E-state index contributed by atoms with van der Waals surface area (Å²) < 4.78 is 0. The van der Waals surface area contributed by atoms with Gasteiger partial charge in [-0.25, -0.2) is 0 Å². The van der Waals surface area contributed by atoms with Gasteiger partial charge in [-0.15, -0.1) is 0 Å². The molecule has 0 spiro atoms. The molecule has 0 bridgehead atoms. The van der Waals surface area contributed by atoms with Crippen molar-refractivity contribution in [2.75, 3.05) is 6.54 Å². The van der Waals surface area contributed by atoms with Crippen molar-refractivity contribution in [3.63, 3.8) is 0 Å². The third-order valence-electron chi connectivity index (χ3n) is 3.32. The Labute approximate surface area is 77.9 Å². The molecular formula is C10H15NO2. The van der Waals surface area contributed by atoms with Crippen LogP contribution >= 0.6 is 0 Å². The topological polar surface area (TPSA) is 46.2 Å². The molecule has 1 saturated heterocycles. The number of ketones is 1. The molecule has 3 nitrogen and oxygen atoms in total. The standard InChI is InChI=1S/C10H15NO2/c1-10(2)5-11-9(13)7-4-3-6(7)8(10)12/h6-7H,3-5H2,1-2H3,(H,11,13)/t6-,7+/m1/s1. The van der Waals surface area contributed by atoms with Crippen molar-refractivity contribution in [2.24, 2.45) is 17.3 Å². The minimum Gasteiger partial charge on any atom is -0.355 e. The molecule has 72 valence electrons. The van der Waals surface area contributed by atoms with Crippen molar-refractivity contribution in [3.8, 4) is 0 Å². The van der Waals surface area contributed by atoms with E-state index in [2.05, 4.69) is 5.32 Å². The van der Waals surface area contributed by atoms with Crippen LogP contribution in [-0.2, 0) is 9.59 Å². The van der Waals surface area contributed by atoms with E-state index in [1.165, 1.54) is 0 Å². The molecule has 1 N–H and O–H groups in total. The third-order valence-corrected chi connectivity index (χ3v) is 3.32. The normalized spacial score (nSPS) is 37.1. The average molecular weight is 181 g/mol. The molecule has 2 aliphatic rings. The van der Waals surface area contributed by atoms with Crippen molar-refractivity contribution in [2.45, 2.75) is 26.7 Å². The highest BCUT2D eigenvalue weighted by Gasteiger charge is 2.48. The Hall–Kier alpha value is -0.860. The Morgan fingerprint density at radius 3 is 2.38 bits per heavy atom. The summed E-state index contributed by atoms with van der Waals surface area (Å²) in [5, 5.41) is 2.84. The Balaban J connectivity index is 2.26. The van der Waals surface area contributed by atoms with E-state index < -0.39 is 0 Å². The first-order chi connectivity index (χ1) is 6.02. The van der Waals surface area contributed by atoms with Gasteiger partial charge in [0.25, 0.3) is 0 Å². The predicted molar refractivity (Wildman–Crippen MR) is 48.0 cm³/mol. The molecule has 1 aliphatic heterocycles. The summed E-state index contributed by atoms with van der Waals surface area (Å²) in [5.74, 6) is 0.337. The van der Waals surface area contributed by atoms with Crippen molar-refractivity contribution >= 4 is 11.7 Å². The van der Waals surface area contributed by atoms with Crippen LogP contribution in [0.4, 0.5) is 0 Å². The quantitative estimate of drug-likeness (QED) is 0.599. The van der Waals surface area contributed by atoms with E-state index in [0.717, 1.165) is 12.8 Å². The summed E-state index contributed by atoms with van der Waals surface area (Å²) in [4.78, 5) is 23.3. The van der Waals surface area contributed by atoms with E-state index in [4.69, 9.17) is 0 Å². The first-order valence-corrected chi connectivity index (χ1v) is 4.84. The maximum Gasteiger partial charge on any atom is 0.223 e. The highest BCUT2D eigenvalue weighted by atomic mass is 16.2. The molecule has 0 aromatic heterocycles. The summed E-state index contributed by atoms with van der Waals surface area (Å²) in [6, 6.07) is 0. The molecule has 1 amide bonds. The van der Waals surface area contributed by atoms with Crippen molar-refractivity contribution < 1.29 is 9.59 Å². The maximum atomic E-state index is 11.9. The molecule has 0 aromatic carbocycles. The van der Waals surface area contributed by atoms with Crippen LogP contribution in [-0.4, -0.2) is 18.2 Å². The van der Waals surface area contributed by atoms with Gasteiger partial charge in [-0.2, -0.15) is 0 Å². The first kappa shape index (κ1) is 8.73. The fourth-order valence-corrected chi connectivity index (χ4v) is 2.16. The van der Waals surface area contributed by atoms with Crippen LogP contribution in [0.25, 0.3) is 0 Å². The number of amides is 1. The van der Waals surface area contributed by atoms with Crippen molar-refractivity contribution in [1.29, 1.82) is 0 Å². The zero-order chi connectivity index (χ0) is 9.64. The van der Waals surface area contributed by atoms with Crippen molar-refractivity contribution in [3.05, 3.63) is 0 Å². The molecule has 1 aliphatic carbocycles. The second-order valence-electron chi connectivity index (χ2n) is 4.76. The maximum absolute atomic E-state index is 11.9. The van der Waals surface area contributed by atoms with Crippen LogP contribution in [0.2, 0.25) is 0 Å². The third kappa shape index (κ3) is 1.18. The van der Waals surface area contributed by atoms with E-state index in [-0.39, 0.29) is 28.9 Å². The number of nitrogens with one attached hydrogen (secondary N) is 1. The van der Waals surface area contributed by atoms with Crippen LogP contribution in [0.15, 0.2) is 0 Å². The zero-order valence-electron chi connectivity index (χ0n) is 8.09. The van der Waals surface area contributed by atoms with Gasteiger partial charge >= 0.3 is 0 Å². The summed E-state index contributed by atoms with van der Waals surface area (Å²) in [6.07, 6.45) is 1.79. The summed E-state index contributed by atoms with van der Waals surface area (Å²) in [6.45, 7) is 4.32. The van der Waals surface area contributed by atoms with Gasteiger partial charge in [-0.05, 0) is 12.8 Å². The lowest BCUT2D eigenvalue weighted by Crippen LogP contribution is -2.41. The molecule has 0 unspecified atom stereocenters. The monoisotopic (exact) mass is 181 g/mol. The number of rotatable bonds is 0. The fraction of sp³-hybridized carbons (Fsp3) is 0.800. The second-order valence-corrected chi connectivity index (χ2v) is 4.76. The van der Waals surface area contributed by atoms with E-state index >= 15 is 0 Å². The number of carbonyl (C=O) groups excluding carboxylic acids is 2. The highest BCUT2D eigenvalue weighted by molar-refractivity contribution is 5.95. The minimum atomic E-state index is -0.366. The molecule has 13 heavy (non-hydrogen) atoms. The van der Waals surface area contributed by atoms with Gasteiger partial charge < -0.3 is 5.32 Å². The molecule has 1 heterocycles. The first-order valence-electron chi connectivity index (χ1n) is 4.84. The van der Waals surface area contributed by atoms with Crippen LogP contribution in [0, 0.1) is 17.3 Å². The largest absolute Gasteiger partial charge is 0.355 e. The van der Waals surface area contributed by atoms with E-state index in [1.807, 2.05) is 13.8 Å². The van der Waals surface area contributed by atoms with Gasteiger partial charge in [0.15, 0.2) is 0 Å². The van der Waals surface area contributed by atoms with Gasteiger partial charge in [0.2, 0.25) is 5.91 Å². The fourth-order valence-electron chi connectivity index (χ4n) is 2.16. The number of Topliss-reactive ketones (excluding diaryl/α,β-unsaturated/α-hetero) is 1. The average Bonchev–Trinajstić information content (AvgIpc) is 2.02. The van der Waals surface area contributed by atoms with E-state index in [9.17, 15) is 9.59 Å². The number of carbonyl (C=O) groups is 2.